The van der Waals surface area contributed by atoms with E-state index in [-0.39, 0.29) is 0 Å². The summed E-state index contributed by atoms with van der Waals surface area (Å²) in [6, 6.07) is 75.4. The summed E-state index contributed by atoms with van der Waals surface area (Å²) in [5, 5.41) is 12.4. The fourth-order valence-corrected chi connectivity index (χ4v) is 9.57. The van der Waals surface area contributed by atoms with E-state index >= 15 is 0 Å². The second-order valence-corrected chi connectivity index (χ2v) is 15.3. The van der Waals surface area contributed by atoms with Gasteiger partial charge in [0.25, 0.3) is 0 Å². The Balaban J connectivity index is 1.30. The Kier molecular flexibility index (Phi) is 7.26. The van der Waals surface area contributed by atoms with E-state index in [0.29, 0.717) is 0 Å². The summed E-state index contributed by atoms with van der Waals surface area (Å²) in [7, 11) is 0. The number of nitrogens with zero attached hydrogens (tertiary/aromatic N) is 2. The van der Waals surface area contributed by atoms with E-state index in [1.165, 1.54) is 98.3 Å². The van der Waals surface area contributed by atoms with E-state index < -0.39 is 0 Å². The van der Waals surface area contributed by atoms with Gasteiger partial charge in [0.2, 0.25) is 0 Å². The van der Waals surface area contributed by atoms with E-state index in [2.05, 4.69) is 228 Å². The zero-order valence-corrected chi connectivity index (χ0v) is 31.7. The van der Waals surface area contributed by atoms with Gasteiger partial charge in [-0.25, -0.2) is 0 Å². The number of para-hydroxylation sites is 4. The summed E-state index contributed by atoms with van der Waals surface area (Å²) in [4.78, 5) is 0. The van der Waals surface area contributed by atoms with E-state index in [4.69, 9.17) is 0 Å². The van der Waals surface area contributed by atoms with Crippen molar-refractivity contribution in [3.8, 4) is 44.8 Å². The van der Waals surface area contributed by atoms with Gasteiger partial charge in [0.1, 0.15) is 0 Å². The molecular weight excluding hydrogens is 701 g/mol. The minimum Gasteiger partial charge on any atom is -0.316 e. The first kappa shape index (κ1) is 32.6. The van der Waals surface area contributed by atoms with E-state index in [1.807, 2.05) is 0 Å². The summed E-state index contributed by atoms with van der Waals surface area (Å²) < 4.78 is 4.72. The van der Waals surface area contributed by atoms with Crippen molar-refractivity contribution in [3.63, 3.8) is 0 Å². The van der Waals surface area contributed by atoms with E-state index in [0.717, 1.165) is 11.4 Å². The number of aromatic nitrogens is 2. The maximum atomic E-state index is 2.51. The maximum absolute atomic E-state index is 2.51. The van der Waals surface area contributed by atoms with Crippen molar-refractivity contribution < 1.29 is 0 Å². The van der Waals surface area contributed by atoms with Crippen molar-refractivity contribution in [3.05, 3.63) is 219 Å². The lowest BCUT2D eigenvalue weighted by molar-refractivity contribution is 1.13. The average molecular weight is 737 g/mol. The highest BCUT2D eigenvalue weighted by molar-refractivity contribution is 6.29. The lowest BCUT2D eigenvalue weighted by atomic mass is 9.83. The third-order valence-electron chi connectivity index (χ3n) is 12.1. The Morgan fingerprint density at radius 2 is 0.672 bits per heavy atom. The minimum atomic E-state index is 1.15. The van der Waals surface area contributed by atoms with Gasteiger partial charge in [0.05, 0.1) is 11.0 Å². The lowest BCUT2D eigenvalue weighted by Crippen LogP contribution is -1.93. The monoisotopic (exact) mass is 736 g/mol. The van der Waals surface area contributed by atoms with Crippen molar-refractivity contribution in [1.82, 2.24) is 9.13 Å². The molecule has 270 valence electrons. The minimum absolute atomic E-state index is 1.15. The van der Waals surface area contributed by atoms with Crippen LogP contribution in [0.5, 0.6) is 0 Å². The molecule has 0 N–H and O–H groups in total. The zero-order chi connectivity index (χ0) is 38.2. The molecular formula is C56H36N2. The standard InChI is InChI=1S/C56H36N2/c1-4-18-37(19-5-1)46-32-38-20-10-11-25-41(38)47-33-49-50(34-48(46)47)56(52-36-58(40-23-8-3-9-24-40)54-31-17-15-27-43(52)54)45-29-13-12-28-44(45)55(49)51-35-57(39-21-6-2-7-22-39)53-30-16-14-26-42(51)53/h1-36H. The van der Waals surface area contributed by atoms with Gasteiger partial charge >= 0.3 is 0 Å². The first-order chi connectivity index (χ1) is 28.8. The third kappa shape index (κ3) is 4.92. The highest BCUT2D eigenvalue weighted by Crippen LogP contribution is 2.50. The van der Waals surface area contributed by atoms with Crippen molar-refractivity contribution in [2.45, 2.75) is 0 Å². The molecule has 0 atom stereocenters. The number of hydrogen-bond acceptors (Lipinski definition) is 0. The van der Waals surface area contributed by atoms with Gasteiger partial charge in [0, 0.05) is 45.7 Å². The topological polar surface area (TPSA) is 9.86 Å². The normalized spacial score (nSPS) is 11.8. The van der Waals surface area contributed by atoms with Crippen LogP contribution in [0.2, 0.25) is 0 Å². The first-order valence-corrected chi connectivity index (χ1v) is 20.0. The zero-order valence-electron chi connectivity index (χ0n) is 31.7. The molecule has 0 aliphatic carbocycles. The molecule has 0 unspecified atom stereocenters. The van der Waals surface area contributed by atoms with Crippen LogP contribution in [-0.4, -0.2) is 9.13 Å². The first-order valence-electron chi connectivity index (χ1n) is 20.0. The number of hydrogen-bond donors (Lipinski definition) is 0. The SMILES string of the molecule is c1ccc(-c2cc3ccccc3c3cc4c(-c5cn(-c6ccccc6)c6ccccc56)c5ccccc5c(-c5cn(-c6ccccc6)c6ccccc56)c4cc23)cc1. The van der Waals surface area contributed by atoms with Gasteiger partial charge in [-0.05, 0) is 120 Å². The molecule has 0 aliphatic rings. The molecule has 10 aromatic carbocycles. The van der Waals surface area contributed by atoms with Crippen LogP contribution in [0.25, 0.3) is 110 Å². The second kappa shape index (κ2) is 12.9. The molecule has 0 spiro atoms. The van der Waals surface area contributed by atoms with Crippen molar-refractivity contribution >= 4 is 64.9 Å². The largest absolute Gasteiger partial charge is 0.316 e. The number of rotatable bonds is 5. The van der Waals surface area contributed by atoms with Crippen LogP contribution < -0.4 is 0 Å². The van der Waals surface area contributed by atoms with Gasteiger partial charge in [-0.1, -0.05) is 152 Å². The quantitative estimate of drug-likeness (QED) is 0.123. The Hall–Kier alpha value is -7.68. The molecule has 2 heteroatoms. The van der Waals surface area contributed by atoms with Gasteiger partial charge in [0.15, 0.2) is 0 Å². The average Bonchev–Trinajstić information content (AvgIpc) is 3.87. The molecule has 58 heavy (non-hydrogen) atoms. The molecule has 12 rings (SSSR count). The molecule has 0 fully saturated rings. The Labute approximate surface area is 336 Å². The lowest BCUT2D eigenvalue weighted by Gasteiger charge is -2.20. The summed E-state index contributed by atoms with van der Waals surface area (Å²) in [6.07, 6.45) is 4.73. The van der Waals surface area contributed by atoms with Crippen LogP contribution in [-0.2, 0) is 0 Å². The predicted octanol–water partition coefficient (Wildman–Crippen LogP) is 15.2. The van der Waals surface area contributed by atoms with Crippen LogP contribution in [0.3, 0.4) is 0 Å². The molecule has 0 radical (unpaired) electrons. The molecule has 0 amide bonds. The van der Waals surface area contributed by atoms with Crippen molar-refractivity contribution in [2.24, 2.45) is 0 Å². The molecule has 2 nitrogen and oxygen atoms in total. The van der Waals surface area contributed by atoms with Crippen molar-refractivity contribution in [2.75, 3.05) is 0 Å². The fourth-order valence-electron chi connectivity index (χ4n) is 9.57. The molecule has 0 bridgehead atoms. The predicted molar refractivity (Wildman–Crippen MR) is 246 cm³/mol. The highest BCUT2D eigenvalue weighted by atomic mass is 15.0. The molecule has 2 aromatic heterocycles. The fraction of sp³-hybridized carbons (Fsp3) is 0. The van der Waals surface area contributed by atoms with Crippen LogP contribution in [0.15, 0.2) is 219 Å². The Morgan fingerprint density at radius 3 is 1.21 bits per heavy atom. The van der Waals surface area contributed by atoms with E-state index in [9.17, 15) is 0 Å². The third-order valence-corrected chi connectivity index (χ3v) is 12.1. The highest BCUT2D eigenvalue weighted by Gasteiger charge is 2.24. The summed E-state index contributed by atoms with van der Waals surface area (Å²) >= 11 is 0. The molecule has 0 aliphatic heterocycles. The van der Waals surface area contributed by atoms with Crippen LogP contribution in [0.4, 0.5) is 0 Å². The molecule has 2 heterocycles. The van der Waals surface area contributed by atoms with Crippen LogP contribution >= 0.6 is 0 Å². The van der Waals surface area contributed by atoms with E-state index in [1.54, 1.807) is 0 Å². The maximum Gasteiger partial charge on any atom is 0.0534 e. The number of benzene rings is 10. The smallest absolute Gasteiger partial charge is 0.0534 e. The second-order valence-electron chi connectivity index (χ2n) is 15.3. The Morgan fingerprint density at radius 1 is 0.259 bits per heavy atom. The summed E-state index contributed by atoms with van der Waals surface area (Å²) in [6.45, 7) is 0. The van der Waals surface area contributed by atoms with Gasteiger partial charge in [-0.3, -0.25) is 0 Å². The van der Waals surface area contributed by atoms with Crippen LogP contribution in [0, 0.1) is 0 Å². The molecule has 12 aromatic rings. The van der Waals surface area contributed by atoms with Crippen LogP contribution in [0.1, 0.15) is 0 Å². The van der Waals surface area contributed by atoms with Crippen molar-refractivity contribution in [1.29, 1.82) is 0 Å². The Bertz CT molecular complexity index is 3540. The summed E-state index contributed by atoms with van der Waals surface area (Å²) in [5.74, 6) is 0. The molecule has 0 saturated heterocycles. The van der Waals surface area contributed by atoms with Gasteiger partial charge in [-0.2, -0.15) is 0 Å². The van der Waals surface area contributed by atoms with Gasteiger partial charge in [-0.15, -0.1) is 0 Å². The number of fused-ring (bicyclic) bond motifs is 7. The summed E-state index contributed by atoms with van der Waals surface area (Å²) in [5.41, 5.74) is 12.1. The molecule has 0 saturated carbocycles. The van der Waals surface area contributed by atoms with Gasteiger partial charge < -0.3 is 9.13 Å².